The van der Waals surface area contributed by atoms with Crippen molar-refractivity contribution in [3.63, 3.8) is 0 Å². The van der Waals surface area contributed by atoms with Crippen LogP contribution >= 0.6 is 0 Å². The number of nitrogens with zero attached hydrogens (tertiary/aromatic N) is 1. The highest BCUT2D eigenvalue weighted by Gasteiger charge is 2.12. The number of aliphatic hydroxyl groups excluding tert-OH is 3. The van der Waals surface area contributed by atoms with Crippen molar-refractivity contribution in [1.82, 2.24) is 4.90 Å². The lowest BCUT2D eigenvalue weighted by atomic mass is 10.1. The van der Waals surface area contributed by atoms with Crippen molar-refractivity contribution in [1.29, 1.82) is 0 Å². The fourth-order valence-corrected chi connectivity index (χ4v) is 2.82. The average molecular weight is 430 g/mol. The first-order valence-electron chi connectivity index (χ1n) is 10.0. The van der Waals surface area contributed by atoms with Crippen LogP contribution < -0.4 is 0 Å². The molecule has 10 heteroatoms. The standard InChI is InChI=1S/C12H24O5S.C6H15NO3/c1-2-3-4-5-6-7-8-9-10-11-12(13)17-18(14,15)16;8-4-1-7(2-5-9)3-6-10/h2-11H2,1H3,(H,14,15,16);8-10H,1-6H2. The molecule has 0 saturated heterocycles. The second kappa shape index (κ2) is 20.9. The molecule has 170 valence electrons. The zero-order valence-corrected chi connectivity index (χ0v) is 17.9. The average Bonchev–Trinajstić information content (AvgIpc) is 2.60. The first-order chi connectivity index (χ1) is 13.3. The molecule has 0 amide bonds. The molecule has 0 aliphatic rings. The van der Waals surface area contributed by atoms with Gasteiger partial charge in [0.05, 0.1) is 19.8 Å². The summed E-state index contributed by atoms with van der Waals surface area (Å²) in [5.41, 5.74) is 0. The van der Waals surface area contributed by atoms with Gasteiger partial charge in [-0.05, 0) is 6.42 Å². The molecule has 0 atom stereocenters. The number of rotatable bonds is 17. The maximum atomic E-state index is 10.9. The van der Waals surface area contributed by atoms with E-state index in [0.717, 1.165) is 19.3 Å². The van der Waals surface area contributed by atoms with Gasteiger partial charge in [-0.3, -0.25) is 14.2 Å². The molecule has 0 radical (unpaired) electrons. The van der Waals surface area contributed by atoms with Crippen LogP contribution in [0, 0.1) is 0 Å². The summed E-state index contributed by atoms with van der Waals surface area (Å²) in [5.74, 6) is -0.888. The van der Waals surface area contributed by atoms with Gasteiger partial charge in [0.2, 0.25) is 0 Å². The van der Waals surface area contributed by atoms with Gasteiger partial charge in [-0.2, -0.15) is 8.42 Å². The Morgan fingerprint density at radius 1 is 0.786 bits per heavy atom. The highest BCUT2D eigenvalue weighted by molar-refractivity contribution is 7.81. The molecule has 0 rings (SSSR count). The van der Waals surface area contributed by atoms with E-state index in [1.807, 2.05) is 0 Å². The predicted octanol–water partition coefficient (Wildman–Crippen LogP) is 1.52. The minimum atomic E-state index is -4.63. The molecule has 28 heavy (non-hydrogen) atoms. The third-order valence-electron chi connectivity index (χ3n) is 3.93. The van der Waals surface area contributed by atoms with Crippen LogP contribution in [-0.4, -0.2) is 78.6 Å². The monoisotopic (exact) mass is 429 g/mol. The van der Waals surface area contributed by atoms with Crippen molar-refractivity contribution in [2.75, 3.05) is 39.5 Å². The second-order valence-corrected chi connectivity index (χ2v) is 7.50. The predicted molar refractivity (Wildman–Crippen MR) is 107 cm³/mol. The molecule has 0 spiro atoms. The molecular weight excluding hydrogens is 390 g/mol. The minimum Gasteiger partial charge on any atom is -0.395 e. The Morgan fingerprint density at radius 3 is 1.54 bits per heavy atom. The number of hydrogen-bond acceptors (Lipinski definition) is 8. The van der Waals surface area contributed by atoms with Gasteiger partial charge in [-0.25, -0.2) is 0 Å². The molecule has 0 aromatic rings. The van der Waals surface area contributed by atoms with Crippen LogP contribution in [0.5, 0.6) is 0 Å². The van der Waals surface area contributed by atoms with Gasteiger partial charge in [0.1, 0.15) is 0 Å². The van der Waals surface area contributed by atoms with Crippen LogP contribution in [0.15, 0.2) is 0 Å². The molecule has 0 aromatic carbocycles. The highest BCUT2D eigenvalue weighted by atomic mass is 32.3. The maximum absolute atomic E-state index is 10.9. The summed E-state index contributed by atoms with van der Waals surface area (Å²) in [4.78, 5) is 12.7. The molecule has 0 aliphatic heterocycles. The van der Waals surface area contributed by atoms with Crippen molar-refractivity contribution in [3.8, 4) is 0 Å². The molecule has 0 fully saturated rings. The van der Waals surface area contributed by atoms with Crippen LogP contribution in [0.4, 0.5) is 0 Å². The normalized spacial score (nSPS) is 11.2. The molecule has 0 aliphatic carbocycles. The van der Waals surface area contributed by atoms with Crippen molar-refractivity contribution in [2.24, 2.45) is 0 Å². The largest absolute Gasteiger partial charge is 0.448 e. The van der Waals surface area contributed by atoms with Crippen molar-refractivity contribution in [3.05, 3.63) is 0 Å². The number of carbonyl (C=O) groups excluding carboxylic acids is 1. The van der Waals surface area contributed by atoms with Crippen LogP contribution in [0.1, 0.15) is 71.1 Å². The van der Waals surface area contributed by atoms with Gasteiger partial charge < -0.3 is 19.5 Å². The van der Waals surface area contributed by atoms with Crippen LogP contribution in [0.25, 0.3) is 0 Å². The van der Waals surface area contributed by atoms with Crippen LogP contribution in [0.3, 0.4) is 0 Å². The van der Waals surface area contributed by atoms with Gasteiger partial charge >= 0.3 is 16.4 Å². The Kier molecular flexibility index (Phi) is 22.0. The van der Waals surface area contributed by atoms with Crippen molar-refractivity contribution < 1.29 is 37.3 Å². The number of hydrogen-bond donors (Lipinski definition) is 4. The Labute approximate surface area is 169 Å². The molecule has 0 bridgehead atoms. The van der Waals surface area contributed by atoms with E-state index in [-0.39, 0.29) is 26.2 Å². The molecule has 4 N–H and O–H groups in total. The minimum absolute atomic E-state index is 0.0373. The number of aliphatic hydroxyl groups is 3. The number of unbranched alkanes of at least 4 members (excludes halogenated alkanes) is 8. The molecular formula is C18H39NO8S. The van der Waals surface area contributed by atoms with E-state index in [2.05, 4.69) is 11.1 Å². The summed E-state index contributed by atoms with van der Waals surface area (Å²) in [5, 5.41) is 25.5. The van der Waals surface area contributed by atoms with Gasteiger partial charge in [-0.1, -0.05) is 58.3 Å². The lowest BCUT2D eigenvalue weighted by Gasteiger charge is -2.17. The Bertz CT molecular complexity index is 431. The SMILES string of the molecule is CCCCCCCCCCCC(=O)OS(=O)(=O)O.OCCN(CCO)CCO. The quantitative estimate of drug-likeness (QED) is 0.200. The molecule has 0 unspecified atom stereocenters. The second-order valence-electron chi connectivity index (χ2n) is 6.47. The zero-order valence-electron chi connectivity index (χ0n) is 17.1. The fourth-order valence-electron chi connectivity index (χ4n) is 2.50. The van der Waals surface area contributed by atoms with E-state index in [1.54, 1.807) is 4.90 Å². The van der Waals surface area contributed by atoms with Crippen LogP contribution in [0.2, 0.25) is 0 Å². The van der Waals surface area contributed by atoms with E-state index in [4.69, 9.17) is 19.9 Å². The van der Waals surface area contributed by atoms with E-state index in [9.17, 15) is 13.2 Å². The molecule has 0 aromatic heterocycles. The Hall–Kier alpha value is -0.780. The Balaban J connectivity index is 0. The fraction of sp³-hybridized carbons (Fsp3) is 0.944. The third kappa shape index (κ3) is 25.2. The van der Waals surface area contributed by atoms with E-state index in [1.165, 1.54) is 32.1 Å². The Morgan fingerprint density at radius 2 is 1.18 bits per heavy atom. The van der Waals surface area contributed by atoms with Gasteiger partial charge in [0.25, 0.3) is 0 Å². The molecule has 9 nitrogen and oxygen atoms in total. The van der Waals surface area contributed by atoms with Gasteiger partial charge in [-0.15, -0.1) is 0 Å². The van der Waals surface area contributed by atoms with E-state index >= 15 is 0 Å². The maximum Gasteiger partial charge on any atom is 0.448 e. The highest BCUT2D eigenvalue weighted by Crippen LogP contribution is 2.10. The molecule has 0 saturated carbocycles. The summed E-state index contributed by atoms with van der Waals surface area (Å²) in [6.45, 7) is 3.94. The summed E-state index contributed by atoms with van der Waals surface area (Å²) in [6.07, 6.45) is 10.0. The summed E-state index contributed by atoms with van der Waals surface area (Å²) in [6, 6.07) is 0. The first kappa shape index (κ1) is 29.4. The topological polar surface area (TPSA) is 145 Å². The van der Waals surface area contributed by atoms with Crippen molar-refractivity contribution >= 4 is 16.4 Å². The van der Waals surface area contributed by atoms with Crippen LogP contribution in [-0.2, 0) is 19.4 Å². The lowest BCUT2D eigenvalue weighted by molar-refractivity contribution is -0.134. The summed E-state index contributed by atoms with van der Waals surface area (Å²) in [7, 11) is -4.63. The summed E-state index contributed by atoms with van der Waals surface area (Å²) < 4.78 is 32.5. The van der Waals surface area contributed by atoms with E-state index < -0.39 is 16.4 Å². The van der Waals surface area contributed by atoms with Gasteiger partial charge in [0.15, 0.2) is 0 Å². The summed E-state index contributed by atoms with van der Waals surface area (Å²) >= 11 is 0. The van der Waals surface area contributed by atoms with E-state index in [0.29, 0.717) is 26.1 Å². The first-order valence-corrected chi connectivity index (χ1v) is 11.4. The third-order valence-corrected chi connectivity index (χ3v) is 4.33. The molecule has 0 heterocycles. The zero-order chi connectivity index (χ0) is 21.7. The lowest BCUT2D eigenvalue weighted by Crippen LogP contribution is -2.32. The van der Waals surface area contributed by atoms with Crippen molar-refractivity contribution in [2.45, 2.75) is 71.1 Å². The number of carbonyl (C=O) groups is 1. The smallest absolute Gasteiger partial charge is 0.395 e. The van der Waals surface area contributed by atoms with Gasteiger partial charge in [0, 0.05) is 26.1 Å².